The molecule has 0 atom stereocenters. The number of nitrogens with one attached hydrogen (secondary N) is 1. The van der Waals surface area contributed by atoms with Crippen molar-refractivity contribution in [2.24, 2.45) is 0 Å². The predicted molar refractivity (Wildman–Crippen MR) is 107 cm³/mol. The van der Waals surface area contributed by atoms with Gasteiger partial charge in [-0.05, 0) is 37.0 Å². The van der Waals surface area contributed by atoms with Crippen LogP contribution in [-0.4, -0.2) is 78.9 Å². The van der Waals surface area contributed by atoms with Gasteiger partial charge in [0.15, 0.2) is 0 Å². The highest BCUT2D eigenvalue weighted by atomic mass is 35.5. The molecule has 0 bridgehead atoms. The van der Waals surface area contributed by atoms with Gasteiger partial charge in [-0.15, -0.1) is 0 Å². The Morgan fingerprint density at radius 1 is 0.852 bits per heavy atom. The summed E-state index contributed by atoms with van der Waals surface area (Å²) in [5.41, 5.74) is 1.04. The summed E-state index contributed by atoms with van der Waals surface area (Å²) in [4.78, 5) is 30.9. The zero-order chi connectivity index (χ0) is 19.1. The number of piperazine rings is 1. The molecule has 7 heteroatoms. The lowest BCUT2D eigenvalue weighted by Gasteiger charge is -2.35. The molecule has 2 aliphatic heterocycles. The number of piperidine rings is 1. The lowest BCUT2D eigenvalue weighted by Crippen LogP contribution is -2.52. The van der Waals surface area contributed by atoms with E-state index in [0.717, 1.165) is 57.7 Å². The maximum atomic E-state index is 12.4. The zero-order valence-electron chi connectivity index (χ0n) is 15.8. The number of benzene rings is 1. The Morgan fingerprint density at radius 2 is 1.44 bits per heavy atom. The first-order valence-electron chi connectivity index (χ1n) is 9.84. The Kier molecular flexibility index (Phi) is 7.50. The van der Waals surface area contributed by atoms with Gasteiger partial charge in [0, 0.05) is 50.8 Å². The molecule has 1 aromatic rings. The average Bonchev–Trinajstić information content (AvgIpc) is 2.70. The highest BCUT2D eigenvalue weighted by molar-refractivity contribution is 6.30. The highest BCUT2D eigenvalue weighted by Crippen LogP contribution is 2.11. The summed E-state index contributed by atoms with van der Waals surface area (Å²) >= 11 is 5.87. The third-order valence-electron chi connectivity index (χ3n) is 5.30. The van der Waals surface area contributed by atoms with E-state index in [2.05, 4.69) is 15.1 Å². The third kappa shape index (κ3) is 6.48. The molecule has 1 aromatic carbocycles. The van der Waals surface area contributed by atoms with Crippen LogP contribution in [0.2, 0.25) is 5.02 Å². The van der Waals surface area contributed by atoms with Crippen molar-refractivity contribution < 1.29 is 9.59 Å². The summed E-state index contributed by atoms with van der Waals surface area (Å²) in [6.45, 7) is 6.56. The number of carbonyl (C=O) groups is 2. The fraction of sp³-hybridized carbons (Fsp3) is 0.600. The van der Waals surface area contributed by atoms with Crippen molar-refractivity contribution in [1.29, 1.82) is 0 Å². The monoisotopic (exact) mass is 392 g/mol. The van der Waals surface area contributed by atoms with Crippen LogP contribution in [0, 0.1) is 0 Å². The lowest BCUT2D eigenvalue weighted by atomic mass is 10.1. The van der Waals surface area contributed by atoms with Crippen LogP contribution < -0.4 is 5.32 Å². The quantitative estimate of drug-likeness (QED) is 0.798. The normalized spacial score (nSPS) is 19.1. The van der Waals surface area contributed by atoms with Crippen molar-refractivity contribution in [1.82, 2.24) is 20.0 Å². The minimum Gasteiger partial charge on any atom is -0.351 e. The summed E-state index contributed by atoms with van der Waals surface area (Å²) in [6.07, 6.45) is 3.50. The Hall–Kier alpha value is -1.63. The summed E-state index contributed by atoms with van der Waals surface area (Å²) < 4.78 is 0. The zero-order valence-corrected chi connectivity index (χ0v) is 16.6. The van der Waals surface area contributed by atoms with Crippen molar-refractivity contribution in [3.63, 3.8) is 0 Å². The SMILES string of the molecule is O=C(CN1CCN(CC(=O)N2CCCCC2)CC1)NCc1ccc(Cl)cc1. The van der Waals surface area contributed by atoms with Crippen LogP contribution in [0.4, 0.5) is 0 Å². The Bertz CT molecular complexity index is 623. The fourth-order valence-electron chi connectivity index (χ4n) is 3.60. The largest absolute Gasteiger partial charge is 0.351 e. The van der Waals surface area contributed by atoms with E-state index in [1.165, 1.54) is 6.42 Å². The minimum atomic E-state index is 0.0304. The van der Waals surface area contributed by atoms with Gasteiger partial charge in [0.25, 0.3) is 0 Å². The van der Waals surface area contributed by atoms with E-state index in [9.17, 15) is 9.59 Å². The summed E-state index contributed by atoms with van der Waals surface area (Å²) in [5, 5.41) is 3.65. The van der Waals surface area contributed by atoms with Gasteiger partial charge < -0.3 is 10.2 Å². The summed E-state index contributed by atoms with van der Waals surface area (Å²) in [6, 6.07) is 7.49. The van der Waals surface area contributed by atoms with Gasteiger partial charge in [-0.25, -0.2) is 0 Å². The Morgan fingerprint density at radius 3 is 2.07 bits per heavy atom. The fourth-order valence-corrected chi connectivity index (χ4v) is 3.73. The molecule has 0 unspecified atom stereocenters. The molecule has 2 saturated heterocycles. The number of hydrogen-bond acceptors (Lipinski definition) is 4. The molecule has 148 valence electrons. The molecular weight excluding hydrogens is 364 g/mol. The molecule has 2 amide bonds. The molecule has 1 N–H and O–H groups in total. The summed E-state index contributed by atoms with van der Waals surface area (Å²) in [7, 11) is 0. The van der Waals surface area contributed by atoms with E-state index in [1.807, 2.05) is 29.2 Å². The molecule has 0 aliphatic carbocycles. The molecule has 2 heterocycles. The van der Waals surface area contributed by atoms with Gasteiger partial charge in [-0.3, -0.25) is 19.4 Å². The molecule has 2 fully saturated rings. The van der Waals surface area contributed by atoms with E-state index in [4.69, 9.17) is 11.6 Å². The van der Waals surface area contributed by atoms with Crippen LogP contribution in [0.5, 0.6) is 0 Å². The molecule has 0 radical (unpaired) electrons. The van der Waals surface area contributed by atoms with Crippen LogP contribution in [0.3, 0.4) is 0 Å². The van der Waals surface area contributed by atoms with Crippen LogP contribution in [0.25, 0.3) is 0 Å². The first-order valence-corrected chi connectivity index (χ1v) is 10.2. The van der Waals surface area contributed by atoms with E-state index in [0.29, 0.717) is 24.7 Å². The molecule has 27 heavy (non-hydrogen) atoms. The van der Waals surface area contributed by atoms with Gasteiger partial charge in [0.05, 0.1) is 13.1 Å². The van der Waals surface area contributed by atoms with Crippen LogP contribution in [-0.2, 0) is 16.1 Å². The van der Waals surface area contributed by atoms with E-state index >= 15 is 0 Å². The highest BCUT2D eigenvalue weighted by Gasteiger charge is 2.23. The van der Waals surface area contributed by atoms with E-state index < -0.39 is 0 Å². The van der Waals surface area contributed by atoms with E-state index in [-0.39, 0.29) is 11.8 Å². The van der Waals surface area contributed by atoms with Crippen molar-refractivity contribution >= 4 is 23.4 Å². The molecule has 2 aliphatic rings. The molecule has 3 rings (SSSR count). The molecule has 6 nitrogen and oxygen atoms in total. The van der Waals surface area contributed by atoms with Gasteiger partial charge in [0.2, 0.25) is 11.8 Å². The van der Waals surface area contributed by atoms with Crippen LogP contribution in [0.1, 0.15) is 24.8 Å². The maximum absolute atomic E-state index is 12.4. The second-order valence-electron chi connectivity index (χ2n) is 7.40. The van der Waals surface area contributed by atoms with Gasteiger partial charge >= 0.3 is 0 Å². The lowest BCUT2D eigenvalue weighted by molar-refractivity contribution is -0.134. The number of halogens is 1. The van der Waals surface area contributed by atoms with Crippen molar-refractivity contribution in [3.05, 3.63) is 34.9 Å². The maximum Gasteiger partial charge on any atom is 0.236 e. The second-order valence-corrected chi connectivity index (χ2v) is 7.83. The standard InChI is InChI=1S/C20H29ClN4O2/c21-18-6-4-17(5-7-18)14-22-19(26)15-23-10-12-24(13-11-23)16-20(27)25-8-2-1-3-9-25/h4-7H,1-3,8-16H2,(H,22,26). The summed E-state index contributed by atoms with van der Waals surface area (Å²) in [5.74, 6) is 0.284. The number of likely N-dealkylation sites (tertiary alicyclic amines) is 1. The topological polar surface area (TPSA) is 55.9 Å². The number of amides is 2. The van der Waals surface area contributed by atoms with Crippen LogP contribution in [0.15, 0.2) is 24.3 Å². The molecule has 0 aromatic heterocycles. The predicted octanol–water partition coefficient (Wildman–Crippen LogP) is 1.59. The van der Waals surface area contributed by atoms with Gasteiger partial charge in [0.1, 0.15) is 0 Å². The first kappa shape index (κ1) is 20.1. The number of carbonyl (C=O) groups excluding carboxylic acids is 2. The minimum absolute atomic E-state index is 0.0304. The van der Waals surface area contributed by atoms with E-state index in [1.54, 1.807) is 0 Å². The second kappa shape index (κ2) is 10.1. The average molecular weight is 393 g/mol. The Balaban J connectivity index is 1.33. The van der Waals surface area contributed by atoms with Crippen LogP contribution >= 0.6 is 11.6 Å². The molecule has 0 spiro atoms. The van der Waals surface area contributed by atoms with Gasteiger partial charge in [-0.1, -0.05) is 23.7 Å². The molecular formula is C20H29ClN4O2. The smallest absolute Gasteiger partial charge is 0.236 e. The van der Waals surface area contributed by atoms with Crippen molar-refractivity contribution in [3.8, 4) is 0 Å². The third-order valence-corrected chi connectivity index (χ3v) is 5.55. The first-order chi connectivity index (χ1) is 13.1. The number of rotatable bonds is 6. The Labute approximate surface area is 166 Å². The van der Waals surface area contributed by atoms with Crippen molar-refractivity contribution in [2.75, 3.05) is 52.4 Å². The molecule has 0 saturated carbocycles. The van der Waals surface area contributed by atoms with Crippen molar-refractivity contribution in [2.45, 2.75) is 25.8 Å². The number of nitrogens with zero attached hydrogens (tertiary/aromatic N) is 3. The number of hydrogen-bond donors (Lipinski definition) is 1. The van der Waals surface area contributed by atoms with Gasteiger partial charge in [-0.2, -0.15) is 0 Å².